The molecule has 1 saturated heterocycles. The van der Waals surface area contributed by atoms with E-state index in [1.807, 2.05) is 58.0 Å². The van der Waals surface area contributed by atoms with Crippen molar-refractivity contribution >= 4 is 40.9 Å². The molecule has 1 aliphatic rings. The molecule has 4 rings (SSSR count). The molecule has 1 fully saturated rings. The number of nitrogens with one attached hydrogen (secondary N) is 1. The first-order valence-electron chi connectivity index (χ1n) is 10.8. The van der Waals surface area contributed by atoms with Crippen LogP contribution in [0, 0.1) is 41.5 Å². The number of nitrogens with zero attached hydrogens (tertiary/aromatic N) is 2. The fourth-order valence-electron chi connectivity index (χ4n) is 4.27. The van der Waals surface area contributed by atoms with E-state index in [-0.39, 0.29) is 10.7 Å². The standard InChI is InChI=1S/C27H27N3O2S/c1-15-10-11-17(3)24(12-15)30-26(32)22(25(31)28-27(30)33)14-21-13-18(4)29(20(21)6)23-9-7-8-16(2)19(23)5/h7-14H,1-6H3,(H,28,31,33)/b22-14+. The molecule has 2 heterocycles. The first-order chi connectivity index (χ1) is 15.6. The van der Waals surface area contributed by atoms with Gasteiger partial charge in [0.15, 0.2) is 5.11 Å². The number of carbonyl (C=O) groups is 2. The quantitative estimate of drug-likeness (QED) is 0.336. The highest BCUT2D eigenvalue weighted by Crippen LogP contribution is 2.29. The zero-order valence-electron chi connectivity index (χ0n) is 19.7. The Morgan fingerprint density at radius 3 is 2.33 bits per heavy atom. The lowest BCUT2D eigenvalue weighted by atomic mass is 10.0. The molecule has 0 aliphatic carbocycles. The Labute approximate surface area is 199 Å². The minimum atomic E-state index is -0.483. The second kappa shape index (κ2) is 8.45. The molecule has 2 amide bonds. The maximum absolute atomic E-state index is 13.5. The van der Waals surface area contributed by atoms with E-state index in [2.05, 4.69) is 35.9 Å². The van der Waals surface area contributed by atoms with Gasteiger partial charge in [-0.2, -0.15) is 0 Å². The molecule has 5 nitrogen and oxygen atoms in total. The molecule has 1 N–H and O–H groups in total. The predicted molar refractivity (Wildman–Crippen MR) is 137 cm³/mol. The van der Waals surface area contributed by atoms with Gasteiger partial charge in [-0.05, 0) is 106 Å². The van der Waals surface area contributed by atoms with Gasteiger partial charge in [0.2, 0.25) is 0 Å². The SMILES string of the molecule is Cc1ccc(C)c(N2C(=O)/C(=C/c3cc(C)n(-c4cccc(C)c4C)c3C)C(=O)NC2=S)c1. The first kappa shape index (κ1) is 22.7. The van der Waals surface area contributed by atoms with Crippen molar-refractivity contribution in [1.82, 2.24) is 9.88 Å². The summed E-state index contributed by atoms with van der Waals surface area (Å²) < 4.78 is 2.16. The zero-order valence-corrected chi connectivity index (χ0v) is 20.6. The van der Waals surface area contributed by atoms with Crippen LogP contribution in [0.3, 0.4) is 0 Å². The monoisotopic (exact) mass is 457 g/mol. The molecule has 3 aromatic rings. The maximum atomic E-state index is 13.5. The topological polar surface area (TPSA) is 54.3 Å². The van der Waals surface area contributed by atoms with Gasteiger partial charge in [0.25, 0.3) is 11.8 Å². The van der Waals surface area contributed by atoms with Gasteiger partial charge in [0.1, 0.15) is 5.57 Å². The minimum absolute atomic E-state index is 0.0609. The fourth-order valence-corrected chi connectivity index (χ4v) is 4.55. The number of rotatable bonds is 3. The van der Waals surface area contributed by atoms with Crippen molar-refractivity contribution in [3.05, 3.63) is 87.2 Å². The van der Waals surface area contributed by atoms with Crippen molar-refractivity contribution in [1.29, 1.82) is 0 Å². The van der Waals surface area contributed by atoms with E-state index < -0.39 is 11.8 Å². The molecule has 1 aromatic heterocycles. The average Bonchev–Trinajstić information content (AvgIpc) is 3.03. The van der Waals surface area contributed by atoms with Crippen LogP contribution in [0.5, 0.6) is 0 Å². The molecule has 0 atom stereocenters. The molecule has 33 heavy (non-hydrogen) atoms. The Hall–Kier alpha value is -3.51. The highest BCUT2D eigenvalue weighted by Gasteiger charge is 2.35. The van der Waals surface area contributed by atoms with Crippen LogP contribution in [0.1, 0.15) is 39.2 Å². The molecule has 2 aromatic carbocycles. The summed E-state index contributed by atoms with van der Waals surface area (Å²) in [6.45, 7) is 12.1. The first-order valence-corrected chi connectivity index (χ1v) is 11.2. The molecular weight excluding hydrogens is 430 g/mol. The van der Waals surface area contributed by atoms with E-state index in [4.69, 9.17) is 12.2 Å². The Morgan fingerprint density at radius 2 is 1.61 bits per heavy atom. The van der Waals surface area contributed by atoms with Crippen LogP contribution >= 0.6 is 12.2 Å². The van der Waals surface area contributed by atoms with Crippen LogP contribution in [0.2, 0.25) is 0 Å². The Balaban J connectivity index is 1.81. The lowest BCUT2D eigenvalue weighted by Gasteiger charge is -2.30. The summed E-state index contributed by atoms with van der Waals surface area (Å²) in [6, 6.07) is 14.0. The van der Waals surface area contributed by atoms with Crippen LogP contribution in [0.25, 0.3) is 11.8 Å². The molecular formula is C27H27N3O2S. The van der Waals surface area contributed by atoms with Crippen molar-refractivity contribution in [2.24, 2.45) is 0 Å². The van der Waals surface area contributed by atoms with Gasteiger partial charge in [0.05, 0.1) is 5.69 Å². The van der Waals surface area contributed by atoms with E-state index in [1.54, 1.807) is 6.08 Å². The average molecular weight is 458 g/mol. The highest BCUT2D eigenvalue weighted by molar-refractivity contribution is 7.80. The lowest BCUT2D eigenvalue weighted by Crippen LogP contribution is -2.54. The number of amides is 2. The number of hydrogen-bond donors (Lipinski definition) is 1. The fraction of sp³-hybridized carbons (Fsp3) is 0.222. The van der Waals surface area contributed by atoms with Gasteiger partial charge in [0, 0.05) is 17.1 Å². The van der Waals surface area contributed by atoms with Crippen molar-refractivity contribution in [2.75, 3.05) is 4.90 Å². The van der Waals surface area contributed by atoms with Gasteiger partial charge < -0.3 is 4.57 Å². The number of anilines is 1. The van der Waals surface area contributed by atoms with Crippen molar-refractivity contribution in [3.8, 4) is 5.69 Å². The highest BCUT2D eigenvalue weighted by atomic mass is 32.1. The van der Waals surface area contributed by atoms with E-state index in [1.165, 1.54) is 16.0 Å². The predicted octanol–water partition coefficient (Wildman–Crippen LogP) is 5.16. The Bertz CT molecular complexity index is 1360. The molecule has 6 heteroatoms. The zero-order chi connectivity index (χ0) is 24.0. The van der Waals surface area contributed by atoms with Crippen LogP contribution in [-0.4, -0.2) is 21.5 Å². The third-order valence-electron chi connectivity index (χ3n) is 6.29. The molecule has 0 unspecified atom stereocenters. The van der Waals surface area contributed by atoms with Gasteiger partial charge in [-0.15, -0.1) is 0 Å². The van der Waals surface area contributed by atoms with Gasteiger partial charge >= 0.3 is 0 Å². The van der Waals surface area contributed by atoms with Crippen molar-refractivity contribution < 1.29 is 9.59 Å². The number of aryl methyl sites for hydroxylation is 4. The summed E-state index contributed by atoms with van der Waals surface area (Å²) in [4.78, 5) is 27.7. The van der Waals surface area contributed by atoms with E-state index in [0.717, 1.165) is 33.8 Å². The van der Waals surface area contributed by atoms with Crippen molar-refractivity contribution in [2.45, 2.75) is 41.5 Å². The maximum Gasteiger partial charge on any atom is 0.270 e. The van der Waals surface area contributed by atoms with Crippen LogP contribution in [0.4, 0.5) is 5.69 Å². The summed E-state index contributed by atoms with van der Waals surface area (Å²) in [5.41, 5.74) is 8.94. The summed E-state index contributed by atoms with van der Waals surface area (Å²) in [5, 5.41) is 2.78. The largest absolute Gasteiger partial charge is 0.318 e. The summed E-state index contributed by atoms with van der Waals surface area (Å²) >= 11 is 5.37. The number of thiocarbonyl (C=S) groups is 1. The second-order valence-electron chi connectivity index (χ2n) is 8.63. The van der Waals surface area contributed by atoms with E-state index in [0.29, 0.717) is 5.69 Å². The number of aromatic nitrogens is 1. The van der Waals surface area contributed by atoms with Gasteiger partial charge in [-0.3, -0.25) is 19.8 Å². The third-order valence-corrected chi connectivity index (χ3v) is 6.58. The smallest absolute Gasteiger partial charge is 0.270 e. The minimum Gasteiger partial charge on any atom is -0.318 e. The number of hydrogen-bond acceptors (Lipinski definition) is 3. The molecule has 0 bridgehead atoms. The number of benzene rings is 2. The summed E-state index contributed by atoms with van der Waals surface area (Å²) in [7, 11) is 0. The molecule has 0 radical (unpaired) electrons. The van der Waals surface area contributed by atoms with Crippen LogP contribution in [-0.2, 0) is 9.59 Å². The Kier molecular flexibility index (Phi) is 5.80. The second-order valence-corrected chi connectivity index (χ2v) is 9.02. The van der Waals surface area contributed by atoms with Gasteiger partial charge in [-0.1, -0.05) is 24.3 Å². The van der Waals surface area contributed by atoms with Crippen molar-refractivity contribution in [3.63, 3.8) is 0 Å². The molecule has 168 valence electrons. The summed E-state index contributed by atoms with van der Waals surface area (Å²) in [5.74, 6) is -0.905. The van der Waals surface area contributed by atoms with Crippen LogP contribution < -0.4 is 10.2 Å². The molecule has 1 aliphatic heterocycles. The van der Waals surface area contributed by atoms with E-state index >= 15 is 0 Å². The number of carbonyl (C=O) groups excluding carboxylic acids is 2. The summed E-state index contributed by atoms with van der Waals surface area (Å²) in [6.07, 6.45) is 1.67. The third kappa shape index (κ3) is 3.91. The van der Waals surface area contributed by atoms with Gasteiger partial charge in [-0.25, -0.2) is 0 Å². The van der Waals surface area contributed by atoms with E-state index in [9.17, 15) is 9.59 Å². The Morgan fingerprint density at radius 1 is 0.879 bits per heavy atom. The molecule has 0 saturated carbocycles. The lowest BCUT2D eigenvalue weighted by molar-refractivity contribution is -0.122. The molecule has 0 spiro atoms. The normalized spacial score (nSPS) is 15.4. The van der Waals surface area contributed by atoms with Crippen LogP contribution in [0.15, 0.2) is 48.0 Å².